The van der Waals surface area contributed by atoms with E-state index in [1.165, 1.54) is 37.4 Å². The molecule has 0 spiro atoms. The van der Waals surface area contributed by atoms with Crippen molar-refractivity contribution in [2.75, 3.05) is 17.7 Å². The van der Waals surface area contributed by atoms with E-state index in [9.17, 15) is 19.1 Å². The number of carbonyl (C=O) groups is 2. The summed E-state index contributed by atoms with van der Waals surface area (Å²) in [5, 5.41) is 16.5. The SMILES string of the molecule is COc1cc2c(Oc3ccc(NC(=O)C4(C(=O)Nc5ccc(F)cc5)CC4C4C=CCC=C4)cc3)ccnc2cc1O. The molecule has 2 aliphatic rings. The molecule has 4 aromatic rings. The number of fused-ring (bicyclic) bond motifs is 1. The molecule has 3 aromatic carbocycles. The molecule has 2 aliphatic carbocycles. The summed E-state index contributed by atoms with van der Waals surface area (Å²) in [6.45, 7) is 0. The predicted octanol–water partition coefficient (Wildman–Crippen LogP) is 6.60. The number of halogens is 1. The van der Waals surface area contributed by atoms with Crippen molar-refractivity contribution >= 4 is 34.1 Å². The Morgan fingerprint density at radius 2 is 1.57 bits per heavy atom. The molecule has 1 aromatic heterocycles. The Morgan fingerprint density at radius 3 is 2.21 bits per heavy atom. The number of phenolic OH excluding ortho intramolecular Hbond substituents is 1. The van der Waals surface area contributed by atoms with E-state index in [1.807, 2.05) is 24.3 Å². The molecule has 6 rings (SSSR count). The van der Waals surface area contributed by atoms with Crippen LogP contribution in [0, 0.1) is 23.1 Å². The molecule has 1 heterocycles. The van der Waals surface area contributed by atoms with Gasteiger partial charge in [0.15, 0.2) is 11.5 Å². The Hall–Kier alpha value is -5.18. The molecule has 1 fully saturated rings. The van der Waals surface area contributed by atoms with E-state index in [0.717, 1.165) is 6.42 Å². The van der Waals surface area contributed by atoms with Crippen LogP contribution >= 0.6 is 0 Å². The zero-order chi connectivity index (χ0) is 29.3. The van der Waals surface area contributed by atoms with Crippen molar-refractivity contribution in [3.8, 4) is 23.0 Å². The van der Waals surface area contributed by atoms with E-state index in [-0.39, 0.29) is 17.6 Å². The zero-order valence-electron chi connectivity index (χ0n) is 22.7. The normalized spacial score (nSPS) is 19.3. The first kappa shape index (κ1) is 27.0. The number of ether oxygens (including phenoxy) is 2. The second-order valence-electron chi connectivity index (χ2n) is 10.3. The van der Waals surface area contributed by atoms with Gasteiger partial charge in [-0.25, -0.2) is 4.39 Å². The maximum absolute atomic E-state index is 13.7. The van der Waals surface area contributed by atoms with Gasteiger partial charge in [-0.15, -0.1) is 0 Å². The van der Waals surface area contributed by atoms with Crippen molar-refractivity contribution in [1.29, 1.82) is 0 Å². The third-order valence-corrected chi connectivity index (χ3v) is 7.72. The molecule has 2 unspecified atom stereocenters. The van der Waals surface area contributed by atoms with Crippen molar-refractivity contribution in [2.24, 2.45) is 17.3 Å². The molecule has 212 valence electrons. The van der Waals surface area contributed by atoms with Crippen LogP contribution in [-0.4, -0.2) is 29.0 Å². The Morgan fingerprint density at radius 1 is 0.929 bits per heavy atom. The number of hydrogen-bond donors (Lipinski definition) is 3. The largest absolute Gasteiger partial charge is 0.504 e. The molecule has 42 heavy (non-hydrogen) atoms. The number of benzene rings is 3. The third-order valence-electron chi connectivity index (χ3n) is 7.72. The van der Waals surface area contributed by atoms with E-state index >= 15 is 0 Å². The van der Waals surface area contributed by atoms with Gasteiger partial charge in [-0.2, -0.15) is 0 Å². The second-order valence-corrected chi connectivity index (χ2v) is 10.3. The number of anilines is 2. The van der Waals surface area contributed by atoms with Crippen LogP contribution < -0.4 is 20.1 Å². The van der Waals surface area contributed by atoms with Crippen molar-refractivity contribution in [3.05, 3.63) is 103 Å². The van der Waals surface area contributed by atoms with Crippen LogP contribution in [0.4, 0.5) is 15.8 Å². The number of allylic oxidation sites excluding steroid dienone is 4. The highest BCUT2D eigenvalue weighted by Crippen LogP contribution is 2.59. The van der Waals surface area contributed by atoms with Gasteiger partial charge in [-0.3, -0.25) is 14.6 Å². The van der Waals surface area contributed by atoms with Gasteiger partial charge in [0, 0.05) is 29.0 Å². The lowest BCUT2D eigenvalue weighted by atomic mass is 9.90. The minimum Gasteiger partial charge on any atom is -0.504 e. The second kappa shape index (κ2) is 11.0. The van der Waals surface area contributed by atoms with Crippen molar-refractivity contribution in [3.63, 3.8) is 0 Å². The summed E-state index contributed by atoms with van der Waals surface area (Å²) in [6.07, 6.45) is 10.9. The molecule has 2 atom stereocenters. The molecule has 3 N–H and O–H groups in total. The van der Waals surface area contributed by atoms with Crippen LogP contribution in [0.2, 0.25) is 0 Å². The topological polar surface area (TPSA) is 110 Å². The van der Waals surface area contributed by atoms with Gasteiger partial charge < -0.3 is 25.2 Å². The van der Waals surface area contributed by atoms with Crippen LogP contribution in [0.25, 0.3) is 10.9 Å². The third kappa shape index (κ3) is 5.16. The van der Waals surface area contributed by atoms with Crippen LogP contribution in [0.5, 0.6) is 23.0 Å². The fourth-order valence-corrected chi connectivity index (χ4v) is 5.40. The highest BCUT2D eigenvalue weighted by molar-refractivity contribution is 6.17. The molecule has 0 saturated heterocycles. The summed E-state index contributed by atoms with van der Waals surface area (Å²) in [6, 6.07) is 17.2. The quantitative estimate of drug-likeness (QED) is 0.164. The van der Waals surface area contributed by atoms with Gasteiger partial charge in [-0.05, 0) is 85.3 Å². The van der Waals surface area contributed by atoms with Crippen LogP contribution in [0.1, 0.15) is 12.8 Å². The molecular weight excluding hydrogens is 537 g/mol. The molecule has 0 radical (unpaired) electrons. The minimum atomic E-state index is -1.28. The maximum atomic E-state index is 13.7. The fourth-order valence-electron chi connectivity index (χ4n) is 5.40. The lowest BCUT2D eigenvalue weighted by molar-refractivity contribution is -0.132. The summed E-state index contributed by atoms with van der Waals surface area (Å²) in [5.74, 6) is -0.166. The average Bonchev–Trinajstić information content (AvgIpc) is 3.77. The first-order valence-corrected chi connectivity index (χ1v) is 13.5. The summed E-state index contributed by atoms with van der Waals surface area (Å²) >= 11 is 0. The smallest absolute Gasteiger partial charge is 0.240 e. The number of carbonyl (C=O) groups excluding carboxylic acids is 2. The number of phenols is 1. The maximum Gasteiger partial charge on any atom is 0.240 e. The van der Waals surface area contributed by atoms with Gasteiger partial charge in [0.25, 0.3) is 0 Å². The van der Waals surface area contributed by atoms with Crippen LogP contribution in [0.3, 0.4) is 0 Å². The summed E-state index contributed by atoms with van der Waals surface area (Å²) < 4.78 is 24.7. The summed E-state index contributed by atoms with van der Waals surface area (Å²) in [7, 11) is 1.47. The number of aromatic nitrogens is 1. The van der Waals surface area contributed by atoms with Crippen LogP contribution in [0.15, 0.2) is 97.2 Å². The summed E-state index contributed by atoms with van der Waals surface area (Å²) in [4.78, 5) is 31.5. The lowest BCUT2D eigenvalue weighted by Crippen LogP contribution is -2.38. The van der Waals surface area contributed by atoms with Crippen molar-refractivity contribution < 1.29 is 28.6 Å². The van der Waals surface area contributed by atoms with E-state index in [4.69, 9.17) is 9.47 Å². The minimum absolute atomic E-state index is 0.0210. The molecular formula is C33H28FN3O5. The molecule has 1 saturated carbocycles. The number of nitrogens with one attached hydrogen (secondary N) is 2. The van der Waals surface area contributed by atoms with E-state index in [2.05, 4.69) is 15.6 Å². The molecule has 0 aliphatic heterocycles. The van der Waals surface area contributed by atoms with Gasteiger partial charge in [0.05, 0.1) is 12.6 Å². The van der Waals surface area contributed by atoms with Crippen molar-refractivity contribution in [2.45, 2.75) is 12.8 Å². The number of amides is 2. The van der Waals surface area contributed by atoms with Gasteiger partial charge in [0.1, 0.15) is 22.7 Å². The van der Waals surface area contributed by atoms with Gasteiger partial charge in [-0.1, -0.05) is 24.3 Å². The predicted molar refractivity (Wildman–Crippen MR) is 157 cm³/mol. The highest BCUT2D eigenvalue weighted by Gasteiger charge is 2.67. The fraction of sp³-hybridized carbons (Fsp3) is 0.182. The molecule has 2 amide bonds. The average molecular weight is 566 g/mol. The van der Waals surface area contributed by atoms with Crippen LogP contribution in [-0.2, 0) is 9.59 Å². The van der Waals surface area contributed by atoms with Gasteiger partial charge >= 0.3 is 0 Å². The van der Waals surface area contributed by atoms with Crippen molar-refractivity contribution in [1.82, 2.24) is 4.98 Å². The Bertz CT molecular complexity index is 1710. The molecule has 8 nitrogen and oxygen atoms in total. The Labute approximate surface area is 241 Å². The number of rotatable bonds is 8. The van der Waals surface area contributed by atoms with Gasteiger partial charge in [0.2, 0.25) is 11.8 Å². The van der Waals surface area contributed by atoms with E-state index in [0.29, 0.717) is 45.9 Å². The Balaban J connectivity index is 1.20. The Kier molecular flexibility index (Phi) is 7.08. The lowest BCUT2D eigenvalue weighted by Gasteiger charge is -2.20. The standard InChI is InChI=1S/C33H28FN3O5/c1-41-30-17-25-27(18-28(30)38)35-16-15-29(25)42-24-13-11-23(12-14-24)37-32(40)33(19-26(33)20-5-3-2-4-6-20)31(39)36-22-9-7-21(34)8-10-22/h3-18,20,26,38H,2,19H2,1H3,(H,36,39)(H,37,40). The first-order chi connectivity index (χ1) is 20.4. The number of aromatic hydroxyl groups is 1. The highest BCUT2D eigenvalue weighted by atomic mass is 19.1. The number of nitrogens with zero attached hydrogens (tertiary/aromatic N) is 1. The zero-order valence-corrected chi connectivity index (χ0v) is 22.7. The van der Waals surface area contributed by atoms with E-state index < -0.39 is 23.0 Å². The van der Waals surface area contributed by atoms with E-state index in [1.54, 1.807) is 42.6 Å². The first-order valence-electron chi connectivity index (χ1n) is 13.5. The molecule has 9 heteroatoms. The molecule has 0 bridgehead atoms. The number of methoxy groups -OCH3 is 1. The summed E-state index contributed by atoms with van der Waals surface area (Å²) in [5.41, 5.74) is 0.196. The monoisotopic (exact) mass is 565 g/mol. The number of hydrogen-bond acceptors (Lipinski definition) is 6. The number of pyridine rings is 1.